The highest BCUT2D eigenvalue weighted by molar-refractivity contribution is 7.89. The third kappa shape index (κ3) is 3.88. The number of esters is 1. The number of sulfonamides is 1. The second kappa shape index (κ2) is 7.33. The molecule has 0 spiro atoms. The Morgan fingerprint density at radius 1 is 0.960 bits per heavy atom. The Morgan fingerprint density at radius 2 is 1.60 bits per heavy atom. The SMILES string of the molecule is O=C(Oc1ccccc1F)c1ccc(S(=O)(=O)N2CCCCC2)cc1. The van der Waals surface area contributed by atoms with Crippen LogP contribution in [0.5, 0.6) is 5.75 Å². The number of rotatable bonds is 4. The summed E-state index contributed by atoms with van der Waals surface area (Å²) in [7, 11) is -3.55. The Morgan fingerprint density at radius 3 is 2.24 bits per heavy atom. The van der Waals surface area contributed by atoms with Gasteiger partial charge in [0, 0.05) is 13.1 Å². The van der Waals surface area contributed by atoms with Crippen LogP contribution in [0.15, 0.2) is 53.4 Å². The molecule has 0 unspecified atom stereocenters. The van der Waals surface area contributed by atoms with Gasteiger partial charge in [0.1, 0.15) is 0 Å². The van der Waals surface area contributed by atoms with E-state index < -0.39 is 21.8 Å². The molecule has 0 aliphatic carbocycles. The van der Waals surface area contributed by atoms with Crippen molar-refractivity contribution in [3.63, 3.8) is 0 Å². The van der Waals surface area contributed by atoms with Crippen LogP contribution < -0.4 is 4.74 Å². The van der Waals surface area contributed by atoms with E-state index in [2.05, 4.69) is 0 Å². The molecule has 25 heavy (non-hydrogen) atoms. The fourth-order valence-corrected chi connectivity index (χ4v) is 4.22. The topological polar surface area (TPSA) is 63.7 Å². The van der Waals surface area contributed by atoms with Crippen molar-refractivity contribution in [3.05, 3.63) is 59.9 Å². The second-order valence-corrected chi connectivity index (χ2v) is 7.75. The lowest BCUT2D eigenvalue weighted by molar-refractivity contribution is 0.0727. The van der Waals surface area contributed by atoms with Gasteiger partial charge in [-0.2, -0.15) is 4.31 Å². The lowest BCUT2D eigenvalue weighted by Crippen LogP contribution is -2.35. The third-order valence-corrected chi connectivity index (χ3v) is 6.00. The Bertz CT molecular complexity index is 859. The number of benzene rings is 2. The van der Waals surface area contributed by atoms with E-state index in [0.29, 0.717) is 13.1 Å². The Hall–Kier alpha value is -2.25. The van der Waals surface area contributed by atoms with E-state index in [1.807, 2.05) is 0 Å². The first kappa shape index (κ1) is 17.6. The van der Waals surface area contributed by atoms with Crippen LogP contribution in [0.4, 0.5) is 4.39 Å². The maximum atomic E-state index is 13.5. The first-order chi connectivity index (χ1) is 12.0. The summed E-state index contributed by atoms with van der Waals surface area (Å²) in [6.45, 7) is 1.03. The van der Waals surface area contributed by atoms with Crippen molar-refractivity contribution >= 4 is 16.0 Å². The molecular formula is C18H18FNO4S. The van der Waals surface area contributed by atoms with Crippen molar-refractivity contribution in [2.24, 2.45) is 0 Å². The van der Waals surface area contributed by atoms with Gasteiger partial charge >= 0.3 is 5.97 Å². The number of carbonyl (C=O) groups excluding carboxylic acids is 1. The van der Waals surface area contributed by atoms with E-state index in [1.165, 1.54) is 46.8 Å². The maximum Gasteiger partial charge on any atom is 0.343 e. The average Bonchev–Trinajstić information content (AvgIpc) is 2.64. The van der Waals surface area contributed by atoms with Crippen LogP contribution in [0.25, 0.3) is 0 Å². The zero-order valence-corrected chi connectivity index (χ0v) is 14.3. The number of hydrogen-bond acceptors (Lipinski definition) is 4. The number of ether oxygens (including phenoxy) is 1. The summed E-state index contributed by atoms with van der Waals surface area (Å²) in [5.41, 5.74) is 0.154. The van der Waals surface area contributed by atoms with Crippen molar-refractivity contribution in [2.45, 2.75) is 24.2 Å². The summed E-state index contributed by atoms with van der Waals surface area (Å²) in [6.07, 6.45) is 2.74. The lowest BCUT2D eigenvalue weighted by atomic mass is 10.2. The van der Waals surface area contributed by atoms with Crippen molar-refractivity contribution in [2.75, 3.05) is 13.1 Å². The van der Waals surface area contributed by atoms with Crippen LogP contribution in [-0.4, -0.2) is 31.8 Å². The van der Waals surface area contributed by atoms with Crippen LogP contribution in [0.2, 0.25) is 0 Å². The Balaban J connectivity index is 1.75. The van der Waals surface area contributed by atoms with E-state index in [4.69, 9.17) is 4.74 Å². The summed E-state index contributed by atoms with van der Waals surface area (Å²) in [5, 5.41) is 0. The van der Waals surface area contributed by atoms with Gasteiger partial charge in [-0.1, -0.05) is 18.6 Å². The average molecular weight is 363 g/mol. The maximum absolute atomic E-state index is 13.5. The number of nitrogens with zero attached hydrogens (tertiary/aromatic N) is 1. The molecule has 1 aliphatic rings. The standard InChI is InChI=1S/C18H18FNO4S/c19-16-6-2-3-7-17(16)24-18(21)14-8-10-15(11-9-14)25(22,23)20-12-4-1-5-13-20/h2-3,6-11H,1,4-5,12-13H2. The van der Waals surface area contributed by atoms with E-state index in [-0.39, 0.29) is 16.2 Å². The van der Waals surface area contributed by atoms with Crippen LogP contribution in [0.1, 0.15) is 29.6 Å². The van der Waals surface area contributed by atoms with Crippen LogP contribution in [-0.2, 0) is 10.0 Å². The summed E-state index contributed by atoms with van der Waals surface area (Å²) in [4.78, 5) is 12.2. The number of halogens is 1. The van der Waals surface area contributed by atoms with Crippen LogP contribution >= 0.6 is 0 Å². The van der Waals surface area contributed by atoms with Gasteiger partial charge in [-0.25, -0.2) is 17.6 Å². The number of para-hydroxylation sites is 1. The van der Waals surface area contributed by atoms with E-state index in [1.54, 1.807) is 6.07 Å². The molecule has 7 heteroatoms. The van der Waals surface area contributed by atoms with Gasteiger partial charge in [0.2, 0.25) is 10.0 Å². The monoisotopic (exact) mass is 363 g/mol. The molecule has 5 nitrogen and oxygen atoms in total. The van der Waals surface area contributed by atoms with Gasteiger partial charge in [0.15, 0.2) is 11.6 Å². The minimum absolute atomic E-state index is 0.136. The minimum Gasteiger partial charge on any atom is -0.420 e. The molecule has 2 aromatic carbocycles. The van der Waals surface area contributed by atoms with Gasteiger partial charge in [0.05, 0.1) is 10.5 Å². The molecule has 0 amide bonds. The predicted octanol–water partition coefficient (Wildman–Crippen LogP) is 3.22. The molecule has 0 radical (unpaired) electrons. The minimum atomic E-state index is -3.55. The van der Waals surface area contributed by atoms with E-state index in [0.717, 1.165) is 19.3 Å². The predicted molar refractivity (Wildman–Crippen MR) is 90.4 cm³/mol. The molecule has 132 valence electrons. The van der Waals surface area contributed by atoms with Crippen molar-refractivity contribution < 1.29 is 22.3 Å². The highest BCUT2D eigenvalue weighted by Gasteiger charge is 2.26. The number of piperidine rings is 1. The van der Waals surface area contributed by atoms with Crippen LogP contribution in [0, 0.1) is 5.82 Å². The summed E-state index contributed by atoms with van der Waals surface area (Å²) >= 11 is 0. The molecule has 1 fully saturated rings. The summed E-state index contributed by atoms with van der Waals surface area (Å²) in [6, 6.07) is 11.1. The molecule has 3 rings (SSSR count). The van der Waals surface area contributed by atoms with Crippen LogP contribution in [0.3, 0.4) is 0 Å². The molecule has 1 saturated heterocycles. The van der Waals surface area contributed by atoms with E-state index >= 15 is 0 Å². The Kier molecular flexibility index (Phi) is 5.15. The van der Waals surface area contributed by atoms with Gasteiger partial charge in [0.25, 0.3) is 0 Å². The molecular weight excluding hydrogens is 345 g/mol. The largest absolute Gasteiger partial charge is 0.420 e. The van der Waals surface area contributed by atoms with Crippen molar-refractivity contribution in [1.29, 1.82) is 0 Å². The van der Waals surface area contributed by atoms with E-state index in [9.17, 15) is 17.6 Å². The number of carbonyl (C=O) groups is 1. The van der Waals surface area contributed by atoms with Crippen molar-refractivity contribution in [3.8, 4) is 5.75 Å². The molecule has 0 bridgehead atoms. The first-order valence-corrected chi connectivity index (χ1v) is 9.49. The molecule has 0 saturated carbocycles. The highest BCUT2D eigenvalue weighted by atomic mass is 32.2. The molecule has 1 heterocycles. The van der Waals surface area contributed by atoms with Crippen molar-refractivity contribution in [1.82, 2.24) is 4.31 Å². The Labute approximate surface area is 146 Å². The normalized spacial score (nSPS) is 15.7. The second-order valence-electron chi connectivity index (χ2n) is 5.81. The van der Waals surface area contributed by atoms with Gasteiger partial charge in [-0.05, 0) is 49.2 Å². The van der Waals surface area contributed by atoms with Gasteiger partial charge in [-0.3, -0.25) is 0 Å². The van der Waals surface area contributed by atoms with Gasteiger partial charge < -0.3 is 4.74 Å². The molecule has 2 aromatic rings. The molecule has 0 atom stereocenters. The molecule has 0 aromatic heterocycles. The fourth-order valence-electron chi connectivity index (χ4n) is 2.70. The van der Waals surface area contributed by atoms with Gasteiger partial charge in [-0.15, -0.1) is 0 Å². The zero-order valence-electron chi connectivity index (χ0n) is 13.5. The summed E-state index contributed by atoms with van der Waals surface area (Å²) in [5.74, 6) is -1.55. The highest BCUT2D eigenvalue weighted by Crippen LogP contribution is 2.22. The lowest BCUT2D eigenvalue weighted by Gasteiger charge is -2.25. The molecule has 0 N–H and O–H groups in total. The summed E-state index contributed by atoms with van der Waals surface area (Å²) < 4.78 is 45.1. The molecule has 1 aliphatic heterocycles. The quantitative estimate of drug-likeness (QED) is 0.618. The first-order valence-electron chi connectivity index (χ1n) is 8.05. The zero-order chi connectivity index (χ0) is 17.9. The fraction of sp³-hybridized carbons (Fsp3) is 0.278. The number of hydrogen-bond donors (Lipinski definition) is 0. The smallest absolute Gasteiger partial charge is 0.343 e. The third-order valence-electron chi connectivity index (χ3n) is 4.08.